The number of anilines is 1. The molecule has 1 unspecified atom stereocenters. The van der Waals surface area contributed by atoms with E-state index >= 15 is 0 Å². The highest BCUT2D eigenvalue weighted by atomic mass is 16.3. The Morgan fingerprint density at radius 2 is 2.29 bits per heavy atom. The van der Waals surface area contributed by atoms with Gasteiger partial charge in [-0.1, -0.05) is 0 Å². The number of nitrogen functional groups attached to an aromatic ring is 1. The number of amides is 1. The van der Waals surface area contributed by atoms with Crippen LogP contribution in [0, 0.1) is 0 Å². The zero-order valence-electron chi connectivity index (χ0n) is 9.42. The van der Waals surface area contributed by atoms with Crippen LogP contribution in [0.15, 0.2) is 18.2 Å². The van der Waals surface area contributed by atoms with Gasteiger partial charge in [0.25, 0.3) is 0 Å². The average Bonchev–Trinajstić information content (AvgIpc) is 2.65. The second-order valence-corrected chi connectivity index (χ2v) is 3.88. The molecule has 0 fully saturated rings. The molecular weight excluding hydrogens is 220 g/mol. The van der Waals surface area contributed by atoms with E-state index in [2.05, 4.69) is 4.98 Å². The molecule has 2 rings (SSSR count). The van der Waals surface area contributed by atoms with E-state index in [1.807, 2.05) is 0 Å². The molecule has 0 saturated carbocycles. The number of carbonyl (C=O) groups excluding carboxylic acids is 1. The van der Waals surface area contributed by atoms with E-state index in [9.17, 15) is 9.90 Å². The fourth-order valence-electron chi connectivity index (χ4n) is 1.84. The maximum Gasteiger partial charge on any atom is 0.240 e. The van der Waals surface area contributed by atoms with Crippen LogP contribution < -0.4 is 11.5 Å². The average molecular weight is 234 g/mol. The maximum absolute atomic E-state index is 11.2. The molecule has 0 spiro atoms. The van der Waals surface area contributed by atoms with E-state index in [1.165, 1.54) is 0 Å². The standard InChI is InChI=1S/C11H14N4O2/c1-6(11(13)17)15-9-3-2-7(12)4-8(9)14-10(15)5-16/h2-4,6,16H,5,12H2,1H3,(H2,13,17). The number of aliphatic hydroxyl groups excluding tert-OH is 1. The van der Waals surface area contributed by atoms with Gasteiger partial charge >= 0.3 is 0 Å². The quantitative estimate of drug-likeness (QED) is 0.657. The van der Waals surface area contributed by atoms with Gasteiger partial charge in [0.2, 0.25) is 5.91 Å². The van der Waals surface area contributed by atoms with Crippen LogP contribution in [-0.2, 0) is 11.4 Å². The first kappa shape index (κ1) is 11.4. The Morgan fingerprint density at radius 1 is 1.59 bits per heavy atom. The Hall–Kier alpha value is -2.08. The molecule has 0 aliphatic heterocycles. The molecule has 0 aliphatic rings. The lowest BCUT2D eigenvalue weighted by Crippen LogP contribution is -2.25. The van der Waals surface area contributed by atoms with Gasteiger partial charge in [0, 0.05) is 5.69 Å². The molecule has 6 heteroatoms. The Morgan fingerprint density at radius 3 is 2.88 bits per heavy atom. The highest BCUT2D eigenvalue weighted by Crippen LogP contribution is 2.23. The largest absolute Gasteiger partial charge is 0.399 e. The van der Waals surface area contributed by atoms with Gasteiger partial charge in [-0.05, 0) is 25.1 Å². The van der Waals surface area contributed by atoms with Crippen molar-refractivity contribution in [3.8, 4) is 0 Å². The number of nitrogens with two attached hydrogens (primary N) is 2. The van der Waals surface area contributed by atoms with Crippen molar-refractivity contribution in [3.05, 3.63) is 24.0 Å². The molecule has 1 aromatic heterocycles. The summed E-state index contributed by atoms with van der Waals surface area (Å²) in [5.74, 6) is -0.0762. The van der Waals surface area contributed by atoms with Gasteiger partial charge in [-0.3, -0.25) is 4.79 Å². The number of aromatic nitrogens is 2. The molecule has 6 nitrogen and oxygen atoms in total. The number of fused-ring (bicyclic) bond motifs is 1. The summed E-state index contributed by atoms with van der Waals surface area (Å²) in [6.45, 7) is 1.41. The SMILES string of the molecule is CC(C(N)=O)n1c(CO)nc2cc(N)ccc21. The number of imidazole rings is 1. The van der Waals surface area contributed by atoms with Crippen molar-refractivity contribution >= 4 is 22.6 Å². The third kappa shape index (κ3) is 1.83. The minimum Gasteiger partial charge on any atom is -0.399 e. The van der Waals surface area contributed by atoms with Crippen LogP contribution in [0.3, 0.4) is 0 Å². The van der Waals surface area contributed by atoms with Crippen LogP contribution in [0.4, 0.5) is 5.69 Å². The van der Waals surface area contributed by atoms with Crippen LogP contribution in [0.5, 0.6) is 0 Å². The molecule has 0 radical (unpaired) electrons. The number of aliphatic hydroxyl groups is 1. The summed E-state index contributed by atoms with van der Waals surface area (Å²) in [6, 6.07) is 4.61. The third-order valence-corrected chi connectivity index (χ3v) is 2.73. The summed E-state index contributed by atoms with van der Waals surface area (Å²) in [5.41, 5.74) is 12.9. The minimum atomic E-state index is -0.564. The number of hydrogen-bond acceptors (Lipinski definition) is 4. The van der Waals surface area contributed by atoms with Crippen LogP contribution in [-0.4, -0.2) is 20.6 Å². The van der Waals surface area contributed by atoms with Crippen LogP contribution in [0.1, 0.15) is 18.8 Å². The summed E-state index contributed by atoms with van der Waals surface area (Å²) in [7, 11) is 0. The first-order valence-corrected chi connectivity index (χ1v) is 5.21. The van der Waals surface area contributed by atoms with Gasteiger partial charge in [0.1, 0.15) is 18.5 Å². The molecule has 1 aromatic carbocycles. The topological polar surface area (TPSA) is 107 Å². The van der Waals surface area contributed by atoms with Crippen molar-refractivity contribution in [2.75, 3.05) is 5.73 Å². The molecule has 2 aromatic rings. The van der Waals surface area contributed by atoms with Crippen molar-refractivity contribution in [1.29, 1.82) is 0 Å². The molecule has 1 heterocycles. The highest BCUT2D eigenvalue weighted by Gasteiger charge is 2.18. The Bertz CT molecular complexity index is 576. The molecule has 0 saturated heterocycles. The molecule has 90 valence electrons. The lowest BCUT2D eigenvalue weighted by atomic mass is 10.2. The highest BCUT2D eigenvalue weighted by molar-refractivity contribution is 5.84. The second kappa shape index (κ2) is 4.06. The Labute approximate surface area is 97.8 Å². The molecule has 0 aliphatic carbocycles. The van der Waals surface area contributed by atoms with Crippen LogP contribution >= 0.6 is 0 Å². The molecule has 1 amide bonds. The van der Waals surface area contributed by atoms with Gasteiger partial charge in [-0.15, -0.1) is 0 Å². The number of nitrogens with zero attached hydrogens (tertiary/aromatic N) is 2. The van der Waals surface area contributed by atoms with Gasteiger partial charge in [0.05, 0.1) is 11.0 Å². The number of carbonyl (C=O) groups is 1. The van der Waals surface area contributed by atoms with Crippen molar-refractivity contribution in [3.63, 3.8) is 0 Å². The van der Waals surface area contributed by atoms with E-state index in [0.717, 1.165) is 5.52 Å². The van der Waals surface area contributed by atoms with E-state index in [1.54, 1.807) is 29.7 Å². The Kier molecular flexibility index (Phi) is 2.72. The van der Waals surface area contributed by atoms with Gasteiger partial charge in [-0.2, -0.15) is 0 Å². The van der Waals surface area contributed by atoms with E-state index in [-0.39, 0.29) is 6.61 Å². The summed E-state index contributed by atoms with van der Waals surface area (Å²) in [5, 5.41) is 9.25. The predicted molar refractivity (Wildman–Crippen MR) is 64.0 cm³/mol. The van der Waals surface area contributed by atoms with Crippen molar-refractivity contribution in [2.45, 2.75) is 19.6 Å². The molecule has 17 heavy (non-hydrogen) atoms. The summed E-state index contributed by atoms with van der Waals surface area (Å²) >= 11 is 0. The van der Waals surface area contributed by atoms with Crippen molar-refractivity contribution in [2.24, 2.45) is 5.73 Å². The van der Waals surface area contributed by atoms with Crippen LogP contribution in [0.2, 0.25) is 0 Å². The monoisotopic (exact) mass is 234 g/mol. The van der Waals surface area contributed by atoms with E-state index in [4.69, 9.17) is 11.5 Å². The van der Waals surface area contributed by atoms with Crippen molar-refractivity contribution < 1.29 is 9.90 Å². The maximum atomic E-state index is 11.2. The first-order chi connectivity index (χ1) is 8.04. The zero-order chi connectivity index (χ0) is 12.6. The van der Waals surface area contributed by atoms with Gasteiger partial charge in [-0.25, -0.2) is 4.98 Å². The Balaban J connectivity index is 2.70. The zero-order valence-corrected chi connectivity index (χ0v) is 9.42. The molecule has 1 atom stereocenters. The fraction of sp³-hybridized carbons (Fsp3) is 0.273. The van der Waals surface area contributed by atoms with Crippen molar-refractivity contribution in [1.82, 2.24) is 9.55 Å². The predicted octanol–water partition coefficient (Wildman–Crippen LogP) is 0.157. The fourth-order valence-corrected chi connectivity index (χ4v) is 1.84. The normalized spacial score (nSPS) is 12.8. The van der Waals surface area contributed by atoms with Gasteiger partial charge in [0.15, 0.2) is 0 Å². The lowest BCUT2D eigenvalue weighted by Gasteiger charge is -2.13. The van der Waals surface area contributed by atoms with E-state index < -0.39 is 11.9 Å². The molecule has 0 bridgehead atoms. The summed E-state index contributed by atoms with van der Waals surface area (Å²) in [6.07, 6.45) is 0. The first-order valence-electron chi connectivity index (χ1n) is 5.21. The second-order valence-electron chi connectivity index (χ2n) is 3.88. The lowest BCUT2D eigenvalue weighted by molar-refractivity contribution is -0.120. The van der Waals surface area contributed by atoms with Gasteiger partial charge < -0.3 is 21.1 Å². The molecular formula is C11H14N4O2. The van der Waals surface area contributed by atoms with E-state index in [0.29, 0.717) is 17.0 Å². The number of rotatable bonds is 3. The number of benzene rings is 1. The molecule has 5 N–H and O–H groups in total. The summed E-state index contributed by atoms with van der Waals surface area (Å²) < 4.78 is 1.62. The smallest absolute Gasteiger partial charge is 0.240 e. The third-order valence-electron chi connectivity index (χ3n) is 2.73. The number of primary amides is 1. The van der Waals surface area contributed by atoms with Crippen LogP contribution in [0.25, 0.3) is 11.0 Å². The summed E-state index contributed by atoms with van der Waals surface area (Å²) in [4.78, 5) is 15.5. The number of hydrogen-bond donors (Lipinski definition) is 3. The minimum absolute atomic E-state index is 0.258.